The lowest BCUT2D eigenvalue weighted by atomic mass is 9.94. The third-order valence-electron chi connectivity index (χ3n) is 5.13. The Morgan fingerprint density at radius 3 is 2.71 bits per heavy atom. The van der Waals surface area contributed by atoms with Gasteiger partial charge in [-0.2, -0.15) is 0 Å². The van der Waals surface area contributed by atoms with Gasteiger partial charge in [0.25, 0.3) is 0 Å². The number of nitrogens with zero attached hydrogens (tertiary/aromatic N) is 1. The molecule has 0 aromatic rings. The highest BCUT2D eigenvalue weighted by atomic mass is 79.9. The molecule has 0 unspecified atom stereocenters. The van der Waals surface area contributed by atoms with Crippen LogP contribution in [0, 0.1) is 29.6 Å². The molecule has 0 aromatic carbocycles. The fourth-order valence-electron chi connectivity index (χ4n) is 4.44. The predicted octanol–water partition coefficient (Wildman–Crippen LogP) is 1.63. The summed E-state index contributed by atoms with van der Waals surface area (Å²) in [6.07, 6.45) is 1.37. The number of alkyl halides is 1. The maximum absolute atomic E-state index is 12.1. The average molecular weight is 300 g/mol. The molecule has 6 atom stereocenters. The number of amides is 2. The van der Waals surface area contributed by atoms with E-state index >= 15 is 0 Å². The topological polar surface area (TPSA) is 46.6 Å². The van der Waals surface area contributed by atoms with Gasteiger partial charge in [-0.05, 0) is 36.0 Å². The summed E-state index contributed by atoms with van der Waals surface area (Å²) in [4.78, 5) is 25.3. The van der Waals surface area contributed by atoms with E-state index in [1.807, 2.05) is 0 Å². The van der Waals surface area contributed by atoms with E-state index in [1.54, 1.807) is 0 Å². The van der Waals surface area contributed by atoms with Crippen LogP contribution in [0.4, 0.5) is 4.79 Å². The van der Waals surface area contributed by atoms with Crippen molar-refractivity contribution in [3.05, 3.63) is 0 Å². The maximum Gasteiger partial charge on any atom is 0.416 e. The number of ether oxygens (including phenoxy) is 1. The number of carbonyl (C=O) groups excluding carboxylic acids is 2. The van der Waals surface area contributed by atoms with Crippen molar-refractivity contribution in [3.63, 3.8) is 0 Å². The first-order valence-corrected chi connectivity index (χ1v) is 7.21. The molecular formula is C12H14BrNO3. The zero-order chi connectivity index (χ0) is 11.7. The molecule has 2 amide bonds. The number of cyclic esters (lactones) is 1. The van der Waals surface area contributed by atoms with Crippen molar-refractivity contribution in [2.75, 3.05) is 13.2 Å². The quantitative estimate of drug-likeness (QED) is 0.728. The van der Waals surface area contributed by atoms with Gasteiger partial charge in [-0.1, -0.05) is 15.9 Å². The number of carbonyl (C=O) groups is 2. The van der Waals surface area contributed by atoms with Gasteiger partial charge in [0.15, 0.2) is 0 Å². The molecule has 5 aliphatic rings. The Morgan fingerprint density at radius 2 is 2.24 bits per heavy atom. The van der Waals surface area contributed by atoms with E-state index in [1.165, 1.54) is 11.3 Å². The van der Waals surface area contributed by atoms with Crippen molar-refractivity contribution in [1.29, 1.82) is 0 Å². The van der Waals surface area contributed by atoms with Crippen LogP contribution in [-0.4, -0.2) is 34.9 Å². The monoisotopic (exact) mass is 299 g/mol. The molecule has 4 bridgehead atoms. The lowest BCUT2D eigenvalue weighted by molar-refractivity contribution is -0.129. The molecule has 5 rings (SSSR count). The van der Waals surface area contributed by atoms with Gasteiger partial charge < -0.3 is 4.74 Å². The van der Waals surface area contributed by atoms with Crippen LogP contribution in [0.3, 0.4) is 0 Å². The molecule has 92 valence electrons. The summed E-state index contributed by atoms with van der Waals surface area (Å²) in [7, 11) is 0. The summed E-state index contributed by atoms with van der Waals surface area (Å²) in [5, 5.41) is 0. The molecule has 1 heterocycles. The second-order valence-electron chi connectivity index (χ2n) is 5.69. The van der Waals surface area contributed by atoms with Crippen LogP contribution < -0.4 is 0 Å². The van der Waals surface area contributed by atoms with E-state index in [2.05, 4.69) is 15.9 Å². The van der Waals surface area contributed by atoms with Gasteiger partial charge in [-0.3, -0.25) is 4.79 Å². The molecule has 4 aliphatic carbocycles. The second kappa shape index (κ2) is 3.25. The minimum atomic E-state index is -0.455. The summed E-state index contributed by atoms with van der Waals surface area (Å²) in [5.41, 5.74) is 0. The molecular weight excluding hydrogens is 286 g/mol. The maximum atomic E-state index is 12.1. The Kier molecular flexibility index (Phi) is 1.98. The lowest BCUT2D eigenvalue weighted by Crippen LogP contribution is -2.33. The van der Waals surface area contributed by atoms with E-state index in [0.29, 0.717) is 36.2 Å². The van der Waals surface area contributed by atoms with Gasteiger partial charge in [0.05, 0.1) is 6.54 Å². The van der Waals surface area contributed by atoms with Gasteiger partial charge in [0.2, 0.25) is 5.91 Å². The van der Waals surface area contributed by atoms with E-state index < -0.39 is 6.09 Å². The Bertz CT molecular complexity index is 413. The normalized spacial score (nSPS) is 49.7. The zero-order valence-corrected chi connectivity index (χ0v) is 10.9. The Hall–Kier alpha value is -0.580. The Morgan fingerprint density at radius 1 is 1.41 bits per heavy atom. The molecule has 1 aliphatic heterocycles. The van der Waals surface area contributed by atoms with E-state index in [9.17, 15) is 9.59 Å². The summed E-state index contributed by atoms with van der Waals surface area (Å²) >= 11 is 3.76. The lowest BCUT2D eigenvalue weighted by Gasteiger charge is -2.18. The highest BCUT2D eigenvalue weighted by molar-refractivity contribution is 9.09. The van der Waals surface area contributed by atoms with Gasteiger partial charge in [0.1, 0.15) is 6.61 Å². The molecule has 0 N–H and O–H groups in total. The van der Waals surface area contributed by atoms with E-state index in [-0.39, 0.29) is 5.91 Å². The number of halogens is 1. The molecule has 1 saturated heterocycles. The van der Waals surface area contributed by atoms with Crippen LogP contribution in [0.2, 0.25) is 0 Å². The summed E-state index contributed by atoms with van der Waals surface area (Å²) in [6, 6.07) is 0. The second-order valence-corrected chi connectivity index (χ2v) is 6.75. The van der Waals surface area contributed by atoms with Crippen LogP contribution >= 0.6 is 15.9 Å². The van der Waals surface area contributed by atoms with Crippen molar-refractivity contribution >= 4 is 27.9 Å². The fraction of sp³-hybridized carbons (Fsp3) is 0.833. The first-order chi connectivity index (χ1) is 8.18. The number of hydrogen-bond donors (Lipinski definition) is 0. The van der Waals surface area contributed by atoms with Crippen molar-refractivity contribution < 1.29 is 14.3 Å². The van der Waals surface area contributed by atoms with Crippen molar-refractivity contribution in [1.82, 2.24) is 4.90 Å². The van der Waals surface area contributed by atoms with E-state index in [4.69, 9.17) is 4.74 Å². The zero-order valence-electron chi connectivity index (χ0n) is 9.34. The van der Waals surface area contributed by atoms with E-state index in [0.717, 1.165) is 17.8 Å². The highest BCUT2D eigenvalue weighted by Gasteiger charge is 2.72. The Balaban J connectivity index is 1.46. The number of hydrogen-bond acceptors (Lipinski definition) is 3. The molecule has 0 aromatic heterocycles. The first-order valence-electron chi connectivity index (χ1n) is 6.29. The smallest absolute Gasteiger partial charge is 0.416 e. The summed E-state index contributed by atoms with van der Waals surface area (Å²) < 4.78 is 4.80. The molecule has 5 fully saturated rings. The first kappa shape index (κ1) is 10.4. The summed E-state index contributed by atoms with van der Waals surface area (Å²) in [6.45, 7) is 0.790. The third-order valence-corrected chi connectivity index (χ3v) is 6.42. The predicted molar refractivity (Wildman–Crippen MR) is 62.5 cm³/mol. The molecule has 0 spiro atoms. The average Bonchev–Trinajstić information content (AvgIpc) is 2.64. The largest absolute Gasteiger partial charge is 0.447 e. The molecule has 4 saturated carbocycles. The molecule has 4 nitrogen and oxygen atoms in total. The summed E-state index contributed by atoms with van der Waals surface area (Å²) in [5.74, 6) is 3.59. The van der Waals surface area contributed by atoms with Crippen molar-refractivity contribution in [2.24, 2.45) is 29.6 Å². The Labute approximate surface area is 108 Å². The van der Waals surface area contributed by atoms with Crippen LogP contribution in [0.1, 0.15) is 12.8 Å². The minimum Gasteiger partial charge on any atom is -0.447 e. The van der Waals surface area contributed by atoms with Crippen LogP contribution in [-0.2, 0) is 9.53 Å². The van der Waals surface area contributed by atoms with Gasteiger partial charge in [0, 0.05) is 11.2 Å². The molecule has 17 heavy (non-hydrogen) atoms. The molecule has 5 heteroatoms. The van der Waals surface area contributed by atoms with Crippen LogP contribution in [0.15, 0.2) is 0 Å². The van der Waals surface area contributed by atoms with Crippen LogP contribution in [0.25, 0.3) is 0 Å². The standard InChI is InChI=1S/C12H14BrNO3/c13-11-6-3-7-9(10(7)11)5(6)4-8(15)14-1-2-17-12(14)16/h5-7,9-11H,1-4H2/t5-,6+,7-,9-,10-,11+/m0/s1. The van der Waals surface area contributed by atoms with Crippen molar-refractivity contribution in [3.8, 4) is 0 Å². The highest BCUT2D eigenvalue weighted by Crippen LogP contribution is 2.75. The number of rotatable bonds is 2. The van der Waals surface area contributed by atoms with Crippen LogP contribution in [0.5, 0.6) is 0 Å². The fourth-order valence-corrected chi connectivity index (χ4v) is 5.79. The number of imide groups is 1. The molecule has 0 radical (unpaired) electrons. The van der Waals surface area contributed by atoms with Gasteiger partial charge >= 0.3 is 6.09 Å². The minimum absolute atomic E-state index is 0.0320. The van der Waals surface area contributed by atoms with Gasteiger partial charge in [-0.15, -0.1) is 0 Å². The third kappa shape index (κ3) is 1.23. The van der Waals surface area contributed by atoms with Crippen molar-refractivity contribution in [2.45, 2.75) is 17.7 Å². The van der Waals surface area contributed by atoms with Gasteiger partial charge in [-0.25, -0.2) is 9.69 Å². The SMILES string of the molecule is O=C(C[C@H]1[C@H]2C[C@H]3[C@H]1[C@H]3[C@@H]2Br)N1CCOC1=O.